The molecular weight excluding hydrogens is 234 g/mol. The highest BCUT2D eigenvalue weighted by Crippen LogP contribution is 2.27. The van der Waals surface area contributed by atoms with E-state index >= 15 is 0 Å². The third-order valence-electron chi connectivity index (χ3n) is 2.52. The highest BCUT2D eigenvalue weighted by atomic mass is 16.5. The van der Waals surface area contributed by atoms with Gasteiger partial charge in [0, 0.05) is 19.2 Å². The van der Waals surface area contributed by atoms with Crippen molar-refractivity contribution in [2.45, 2.75) is 13.0 Å². The summed E-state index contributed by atoms with van der Waals surface area (Å²) >= 11 is 0. The van der Waals surface area contributed by atoms with E-state index in [1.807, 2.05) is 0 Å². The molecule has 0 bridgehead atoms. The summed E-state index contributed by atoms with van der Waals surface area (Å²) in [6.07, 6.45) is -0.556. The second kappa shape index (κ2) is 6.26. The van der Waals surface area contributed by atoms with Gasteiger partial charge in [-0.2, -0.15) is 0 Å². The number of benzene rings is 1. The molecule has 1 unspecified atom stereocenters. The van der Waals surface area contributed by atoms with E-state index in [0.717, 1.165) is 0 Å². The standard InChI is InChI=1S/C13H19NO4/c1-9(15)8-14(2)13(16)10-5-6-11(17-3)12(7-10)18-4/h5-7,9,15H,8H2,1-4H3. The van der Waals surface area contributed by atoms with Crippen molar-refractivity contribution >= 4 is 5.91 Å². The molecular formula is C13H19NO4. The topological polar surface area (TPSA) is 59.0 Å². The first kappa shape index (κ1) is 14.3. The Balaban J connectivity index is 2.92. The van der Waals surface area contributed by atoms with Gasteiger partial charge in [0.1, 0.15) is 0 Å². The van der Waals surface area contributed by atoms with Crippen molar-refractivity contribution in [3.05, 3.63) is 23.8 Å². The fourth-order valence-corrected chi connectivity index (χ4v) is 1.67. The summed E-state index contributed by atoms with van der Waals surface area (Å²) in [4.78, 5) is 13.5. The van der Waals surface area contributed by atoms with Crippen molar-refractivity contribution in [1.82, 2.24) is 4.90 Å². The average molecular weight is 253 g/mol. The lowest BCUT2D eigenvalue weighted by Crippen LogP contribution is -2.33. The molecule has 0 saturated heterocycles. The molecule has 1 aromatic carbocycles. The zero-order valence-electron chi connectivity index (χ0n) is 11.1. The fraction of sp³-hybridized carbons (Fsp3) is 0.462. The Hall–Kier alpha value is -1.75. The Morgan fingerprint density at radius 1 is 1.33 bits per heavy atom. The van der Waals surface area contributed by atoms with Gasteiger partial charge in [-0.05, 0) is 25.1 Å². The largest absolute Gasteiger partial charge is 0.493 e. The van der Waals surface area contributed by atoms with E-state index in [1.54, 1.807) is 39.3 Å². The van der Waals surface area contributed by atoms with Crippen LogP contribution in [0, 0.1) is 0 Å². The van der Waals surface area contributed by atoms with E-state index in [9.17, 15) is 9.90 Å². The molecule has 1 amide bonds. The zero-order valence-corrected chi connectivity index (χ0v) is 11.1. The molecule has 0 aliphatic rings. The lowest BCUT2D eigenvalue weighted by Gasteiger charge is -2.19. The summed E-state index contributed by atoms with van der Waals surface area (Å²) in [5.41, 5.74) is 0.496. The minimum absolute atomic E-state index is 0.170. The molecule has 1 rings (SSSR count). The molecule has 5 heteroatoms. The van der Waals surface area contributed by atoms with Crippen molar-refractivity contribution < 1.29 is 19.4 Å². The van der Waals surface area contributed by atoms with Crippen molar-refractivity contribution in [2.24, 2.45) is 0 Å². The quantitative estimate of drug-likeness (QED) is 0.855. The monoisotopic (exact) mass is 253 g/mol. The van der Waals surface area contributed by atoms with Crippen LogP contribution < -0.4 is 9.47 Å². The number of rotatable bonds is 5. The summed E-state index contributed by atoms with van der Waals surface area (Å²) in [5.74, 6) is 0.915. The van der Waals surface area contributed by atoms with Crippen LogP contribution in [0.25, 0.3) is 0 Å². The summed E-state index contributed by atoms with van der Waals surface area (Å²) < 4.78 is 10.2. The van der Waals surface area contributed by atoms with Crippen LogP contribution in [0.2, 0.25) is 0 Å². The molecule has 0 saturated carbocycles. The Bertz CT molecular complexity index is 417. The molecule has 1 N–H and O–H groups in total. The van der Waals surface area contributed by atoms with Crippen LogP contribution in [0.4, 0.5) is 0 Å². The molecule has 0 radical (unpaired) electrons. The maximum Gasteiger partial charge on any atom is 0.253 e. The number of hydrogen-bond acceptors (Lipinski definition) is 4. The van der Waals surface area contributed by atoms with Gasteiger partial charge in [0.15, 0.2) is 11.5 Å². The van der Waals surface area contributed by atoms with E-state index in [1.165, 1.54) is 12.0 Å². The van der Waals surface area contributed by atoms with E-state index in [0.29, 0.717) is 17.1 Å². The Kier molecular flexibility index (Phi) is 4.97. The van der Waals surface area contributed by atoms with Crippen LogP contribution in [0.5, 0.6) is 11.5 Å². The second-order valence-corrected chi connectivity index (χ2v) is 4.10. The number of aliphatic hydroxyl groups is 1. The normalized spacial score (nSPS) is 11.8. The van der Waals surface area contributed by atoms with Gasteiger partial charge in [-0.25, -0.2) is 0 Å². The number of methoxy groups -OCH3 is 2. The van der Waals surface area contributed by atoms with Crippen molar-refractivity contribution in [1.29, 1.82) is 0 Å². The smallest absolute Gasteiger partial charge is 0.253 e. The van der Waals surface area contributed by atoms with Gasteiger partial charge in [-0.15, -0.1) is 0 Å². The third-order valence-corrected chi connectivity index (χ3v) is 2.52. The molecule has 18 heavy (non-hydrogen) atoms. The van der Waals surface area contributed by atoms with Crippen LogP contribution in [0.15, 0.2) is 18.2 Å². The first-order valence-corrected chi connectivity index (χ1v) is 5.65. The Morgan fingerprint density at radius 2 is 1.94 bits per heavy atom. The number of carbonyl (C=O) groups is 1. The number of carbonyl (C=O) groups excluding carboxylic acids is 1. The second-order valence-electron chi connectivity index (χ2n) is 4.10. The molecule has 1 aromatic rings. The van der Waals surface area contributed by atoms with Crippen LogP contribution in [0.3, 0.4) is 0 Å². The van der Waals surface area contributed by atoms with Crippen molar-refractivity contribution in [3.8, 4) is 11.5 Å². The summed E-state index contributed by atoms with van der Waals surface area (Å²) in [5, 5.41) is 9.26. The van der Waals surface area contributed by atoms with Crippen molar-refractivity contribution in [2.75, 3.05) is 27.8 Å². The average Bonchev–Trinajstić information content (AvgIpc) is 2.36. The lowest BCUT2D eigenvalue weighted by atomic mass is 10.1. The predicted octanol–water partition coefficient (Wildman–Crippen LogP) is 1.16. The number of hydrogen-bond donors (Lipinski definition) is 1. The molecule has 0 fully saturated rings. The van der Waals surface area contributed by atoms with Crippen LogP contribution in [-0.2, 0) is 0 Å². The van der Waals surface area contributed by atoms with Crippen LogP contribution >= 0.6 is 0 Å². The van der Waals surface area contributed by atoms with Crippen LogP contribution in [0.1, 0.15) is 17.3 Å². The van der Waals surface area contributed by atoms with E-state index in [-0.39, 0.29) is 12.5 Å². The molecule has 0 heterocycles. The molecule has 100 valence electrons. The summed E-state index contributed by atoms with van der Waals surface area (Å²) in [7, 11) is 4.70. The Labute approximate surface area is 107 Å². The molecule has 1 atom stereocenters. The molecule has 5 nitrogen and oxygen atoms in total. The minimum atomic E-state index is -0.556. The highest BCUT2D eigenvalue weighted by Gasteiger charge is 2.15. The SMILES string of the molecule is COc1ccc(C(=O)N(C)CC(C)O)cc1OC. The highest BCUT2D eigenvalue weighted by molar-refractivity contribution is 5.94. The number of ether oxygens (including phenoxy) is 2. The number of nitrogens with zero attached hydrogens (tertiary/aromatic N) is 1. The first-order valence-electron chi connectivity index (χ1n) is 5.65. The van der Waals surface area contributed by atoms with E-state index in [2.05, 4.69) is 0 Å². The van der Waals surface area contributed by atoms with Gasteiger partial charge in [0.2, 0.25) is 0 Å². The van der Waals surface area contributed by atoms with Gasteiger partial charge in [0.05, 0.1) is 20.3 Å². The Morgan fingerprint density at radius 3 is 2.44 bits per heavy atom. The first-order chi connectivity index (χ1) is 8.49. The number of aliphatic hydroxyl groups excluding tert-OH is 1. The number of amides is 1. The predicted molar refractivity (Wildman–Crippen MR) is 68.2 cm³/mol. The zero-order chi connectivity index (χ0) is 13.7. The third kappa shape index (κ3) is 3.37. The van der Waals surface area contributed by atoms with Crippen molar-refractivity contribution in [3.63, 3.8) is 0 Å². The van der Waals surface area contributed by atoms with Crippen LogP contribution in [-0.4, -0.2) is 49.8 Å². The van der Waals surface area contributed by atoms with E-state index < -0.39 is 6.10 Å². The molecule has 0 aromatic heterocycles. The fourth-order valence-electron chi connectivity index (χ4n) is 1.67. The molecule has 0 aliphatic carbocycles. The van der Waals surface area contributed by atoms with Gasteiger partial charge >= 0.3 is 0 Å². The lowest BCUT2D eigenvalue weighted by molar-refractivity contribution is 0.0703. The van der Waals surface area contributed by atoms with Gasteiger partial charge < -0.3 is 19.5 Å². The maximum atomic E-state index is 12.1. The molecule has 0 aliphatic heterocycles. The summed E-state index contributed by atoms with van der Waals surface area (Å²) in [6.45, 7) is 1.92. The molecule has 0 spiro atoms. The van der Waals surface area contributed by atoms with Gasteiger partial charge in [-0.3, -0.25) is 4.79 Å². The van der Waals surface area contributed by atoms with E-state index in [4.69, 9.17) is 9.47 Å². The minimum Gasteiger partial charge on any atom is -0.493 e. The van der Waals surface area contributed by atoms with Gasteiger partial charge in [-0.1, -0.05) is 0 Å². The van der Waals surface area contributed by atoms with Gasteiger partial charge in [0.25, 0.3) is 5.91 Å². The number of likely N-dealkylation sites (N-methyl/N-ethyl adjacent to an activating group) is 1. The maximum absolute atomic E-state index is 12.1. The summed E-state index contributed by atoms with van der Waals surface area (Å²) in [6, 6.07) is 4.98.